The average molecular weight is 473 g/mol. The summed E-state index contributed by atoms with van der Waals surface area (Å²) in [4.78, 5) is 28.2. The zero-order valence-corrected chi connectivity index (χ0v) is 18.6. The minimum Gasteiger partial charge on any atom is -0.386 e. The molecule has 0 fully saturated rings. The third-order valence-electron chi connectivity index (χ3n) is 5.72. The molecule has 5 N–H and O–H groups in total. The molecule has 34 heavy (non-hydrogen) atoms. The molecule has 0 spiro atoms. The summed E-state index contributed by atoms with van der Waals surface area (Å²) in [5.74, 6) is -0.934. The van der Waals surface area contributed by atoms with E-state index < -0.39 is 21.8 Å². The van der Waals surface area contributed by atoms with E-state index in [9.17, 15) is 18.0 Å². The second-order valence-electron chi connectivity index (χ2n) is 7.95. The van der Waals surface area contributed by atoms with Gasteiger partial charge in [-0.1, -0.05) is 24.3 Å². The van der Waals surface area contributed by atoms with Crippen molar-refractivity contribution in [2.75, 3.05) is 0 Å². The van der Waals surface area contributed by atoms with Crippen LogP contribution in [0.5, 0.6) is 0 Å². The number of H-pyrrole nitrogens is 1. The lowest BCUT2D eigenvalue weighted by Gasteiger charge is -2.19. The molecule has 3 aromatic carbocycles. The highest BCUT2D eigenvalue weighted by Crippen LogP contribution is 2.31. The van der Waals surface area contributed by atoms with Crippen molar-refractivity contribution in [3.63, 3.8) is 0 Å². The van der Waals surface area contributed by atoms with Gasteiger partial charge in [0.1, 0.15) is 0 Å². The highest BCUT2D eigenvalue weighted by molar-refractivity contribution is 7.89. The first kappa shape index (κ1) is 21.6. The van der Waals surface area contributed by atoms with Gasteiger partial charge in [-0.25, -0.2) is 13.6 Å². The molecule has 4 aromatic rings. The van der Waals surface area contributed by atoms with Crippen molar-refractivity contribution in [1.29, 1.82) is 0 Å². The van der Waals surface area contributed by atoms with Gasteiger partial charge in [0.05, 0.1) is 10.5 Å². The molecular weight excluding hydrogens is 452 g/mol. The van der Waals surface area contributed by atoms with Crippen LogP contribution in [0, 0.1) is 0 Å². The number of carbonyl (C=O) groups excluding carboxylic acids is 2. The van der Waals surface area contributed by atoms with Crippen LogP contribution in [-0.4, -0.2) is 25.2 Å². The number of aromatic nitrogens is 1. The second-order valence-corrected chi connectivity index (χ2v) is 9.51. The topological polar surface area (TPSA) is 134 Å². The smallest absolute Gasteiger partial charge is 0.260 e. The predicted octanol–water partition coefficient (Wildman–Crippen LogP) is 2.88. The Bertz CT molecular complexity index is 1580. The molecule has 0 atom stereocenters. The number of imide groups is 1. The van der Waals surface area contributed by atoms with Crippen LogP contribution in [0.1, 0.15) is 21.5 Å². The van der Waals surface area contributed by atoms with E-state index in [2.05, 4.69) is 15.6 Å². The number of amides is 2. The van der Waals surface area contributed by atoms with Gasteiger partial charge < -0.3 is 10.3 Å². The molecule has 0 unspecified atom stereocenters. The van der Waals surface area contributed by atoms with E-state index in [0.29, 0.717) is 23.2 Å². The maximum absolute atomic E-state index is 12.6. The first-order chi connectivity index (χ1) is 16.3. The number of sulfonamides is 1. The Balaban J connectivity index is 1.44. The Kier molecular flexibility index (Phi) is 5.27. The first-order valence-corrected chi connectivity index (χ1v) is 12.0. The van der Waals surface area contributed by atoms with Gasteiger partial charge in [-0.15, -0.1) is 0 Å². The van der Waals surface area contributed by atoms with E-state index in [1.54, 1.807) is 24.4 Å². The van der Waals surface area contributed by atoms with Crippen LogP contribution in [0.4, 0.5) is 0 Å². The fourth-order valence-electron chi connectivity index (χ4n) is 3.95. The summed E-state index contributed by atoms with van der Waals surface area (Å²) in [5.41, 5.74) is 4.96. The zero-order valence-electron chi connectivity index (χ0n) is 17.8. The van der Waals surface area contributed by atoms with Crippen molar-refractivity contribution in [2.24, 2.45) is 5.14 Å². The number of rotatable bonds is 5. The van der Waals surface area contributed by atoms with Crippen LogP contribution >= 0.6 is 0 Å². The van der Waals surface area contributed by atoms with Crippen LogP contribution < -0.4 is 15.8 Å². The van der Waals surface area contributed by atoms with E-state index in [1.165, 1.54) is 12.1 Å². The Morgan fingerprint density at radius 1 is 0.853 bits per heavy atom. The lowest BCUT2D eigenvalue weighted by Crippen LogP contribution is -2.37. The molecule has 8 nitrogen and oxygen atoms in total. The number of nitrogens with one attached hydrogen (secondary N) is 3. The molecule has 9 heteroatoms. The Hall–Kier alpha value is -4.21. The van der Waals surface area contributed by atoms with Gasteiger partial charge in [0.15, 0.2) is 0 Å². The van der Waals surface area contributed by atoms with E-state index in [1.807, 2.05) is 42.6 Å². The molecule has 0 saturated carbocycles. The predicted molar refractivity (Wildman–Crippen MR) is 129 cm³/mol. The molecule has 0 aliphatic carbocycles. The van der Waals surface area contributed by atoms with Crippen LogP contribution in [-0.2, 0) is 21.4 Å². The molecule has 1 aromatic heterocycles. The third kappa shape index (κ3) is 4.09. The monoisotopic (exact) mass is 472 g/mol. The van der Waals surface area contributed by atoms with E-state index in [-0.39, 0.29) is 4.90 Å². The summed E-state index contributed by atoms with van der Waals surface area (Å²) in [6.45, 7) is 0.342. The highest BCUT2D eigenvalue weighted by atomic mass is 32.2. The van der Waals surface area contributed by atoms with Crippen LogP contribution in [0.2, 0.25) is 0 Å². The standard InChI is InChI=1S/C25H20N4O4S/c26-34(32,33)19-5-1-15(2-6-19)13-27-14-22-21-12-17(3-7-20(21)24(30)29-25(22)31)16-4-8-23-18(11-16)9-10-28-23/h1-12,14,27-28H,13H2,(H2,26,32,33)(H,29,30,31). The van der Waals surface area contributed by atoms with E-state index in [4.69, 9.17) is 5.14 Å². The summed E-state index contributed by atoms with van der Waals surface area (Å²) >= 11 is 0. The van der Waals surface area contributed by atoms with Crippen molar-refractivity contribution < 1.29 is 18.0 Å². The lowest BCUT2D eigenvalue weighted by atomic mass is 9.91. The maximum Gasteiger partial charge on any atom is 0.260 e. The zero-order chi connectivity index (χ0) is 23.9. The van der Waals surface area contributed by atoms with E-state index in [0.717, 1.165) is 27.6 Å². The second kappa shape index (κ2) is 8.29. The van der Waals surface area contributed by atoms with Crippen molar-refractivity contribution in [3.8, 4) is 11.1 Å². The summed E-state index contributed by atoms with van der Waals surface area (Å²) < 4.78 is 22.8. The van der Waals surface area contributed by atoms with Crippen molar-refractivity contribution >= 4 is 38.3 Å². The maximum atomic E-state index is 12.6. The molecule has 0 bridgehead atoms. The minimum absolute atomic E-state index is 0.0269. The minimum atomic E-state index is -3.76. The van der Waals surface area contributed by atoms with Crippen molar-refractivity contribution in [2.45, 2.75) is 11.4 Å². The molecule has 1 aliphatic rings. The number of nitrogens with two attached hydrogens (primary N) is 1. The Labute approximate surface area is 195 Å². The number of carbonyl (C=O) groups is 2. The summed E-state index contributed by atoms with van der Waals surface area (Å²) in [6, 6.07) is 19.5. The highest BCUT2D eigenvalue weighted by Gasteiger charge is 2.27. The largest absolute Gasteiger partial charge is 0.386 e. The Morgan fingerprint density at radius 2 is 1.59 bits per heavy atom. The lowest BCUT2D eigenvalue weighted by molar-refractivity contribution is -0.114. The van der Waals surface area contributed by atoms with Gasteiger partial charge >= 0.3 is 0 Å². The third-order valence-corrected chi connectivity index (χ3v) is 6.65. The number of hydrogen-bond donors (Lipinski definition) is 4. The fraction of sp³-hybridized carbons (Fsp3) is 0.0400. The van der Waals surface area contributed by atoms with Crippen molar-refractivity contribution in [3.05, 3.63) is 95.8 Å². The summed E-state index contributed by atoms with van der Waals surface area (Å²) in [7, 11) is -3.76. The van der Waals surface area contributed by atoms with Crippen LogP contribution in [0.3, 0.4) is 0 Å². The molecule has 0 saturated heterocycles. The molecule has 5 rings (SSSR count). The average Bonchev–Trinajstić information content (AvgIpc) is 3.28. The molecule has 2 heterocycles. The van der Waals surface area contributed by atoms with Gasteiger partial charge in [-0.05, 0) is 64.5 Å². The SMILES string of the molecule is NS(=O)(=O)c1ccc(CNC=C2C(=O)NC(=O)c3ccc(-c4ccc5[nH]ccc5c4)cc32)cc1. The Morgan fingerprint density at radius 3 is 2.35 bits per heavy atom. The van der Waals surface area contributed by atoms with Crippen LogP contribution in [0.25, 0.3) is 27.6 Å². The van der Waals surface area contributed by atoms with Gasteiger partial charge in [-0.2, -0.15) is 0 Å². The summed E-state index contributed by atoms with van der Waals surface area (Å²) in [6.07, 6.45) is 3.44. The molecule has 0 radical (unpaired) electrons. The quantitative estimate of drug-likeness (QED) is 0.262. The van der Waals surface area contributed by atoms with Gasteiger partial charge in [0.2, 0.25) is 10.0 Å². The van der Waals surface area contributed by atoms with Gasteiger partial charge in [0, 0.05) is 35.6 Å². The normalized spacial score (nSPS) is 14.8. The number of fused-ring (bicyclic) bond motifs is 2. The van der Waals surface area contributed by atoms with E-state index >= 15 is 0 Å². The van der Waals surface area contributed by atoms with Crippen molar-refractivity contribution in [1.82, 2.24) is 15.6 Å². The van der Waals surface area contributed by atoms with Gasteiger partial charge in [-0.3, -0.25) is 14.9 Å². The number of aromatic amines is 1. The van der Waals surface area contributed by atoms with Gasteiger partial charge in [0.25, 0.3) is 11.8 Å². The first-order valence-electron chi connectivity index (χ1n) is 10.4. The fourth-order valence-corrected chi connectivity index (χ4v) is 4.46. The number of primary sulfonamides is 1. The van der Waals surface area contributed by atoms with Crippen LogP contribution in [0.15, 0.2) is 84.0 Å². The number of benzene rings is 3. The molecule has 2 amide bonds. The number of hydrogen-bond acceptors (Lipinski definition) is 5. The summed E-state index contributed by atoms with van der Waals surface area (Å²) in [5, 5.41) is 11.6. The molecular formula is C25H20N4O4S. The molecule has 170 valence electrons. The molecule has 1 aliphatic heterocycles.